The van der Waals surface area contributed by atoms with Crippen LogP contribution in [0.25, 0.3) is 0 Å². The van der Waals surface area contributed by atoms with Crippen molar-refractivity contribution in [1.82, 2.24) is 9.62 Å². The Kier molecular flexibility index (Phi) is 5.82. The van der Waals surface area contributed by atoms with Gasteiger partial charge in [-0.3, -0.25) is 0 Å². The normalized spacial score (nSPS) is 12.3. The van der Waals surface area contributed by atoms with Gasteiger partial charge in [0.2, 0.25) is 0 Å². The fourth-order valence-electron chi connectivity index (χ4n) is 0.747. The molecule has 0 atom stereocenters. The highest BCUT2D eigenvalue weighted by Gasteiger charge is 2.01. The van der Waals surface area contributed by atoms with E-state index in [1.807, 2.05) is 14.1 Å². The molecule has 0 aliphatic carbocycles. The molecule has 0 aliphatic heterocycles. The summed E-state index contributed by atoms with van der Waals surface area (Å²) >= 11 is 0. The van der Waals surface area contributed by atoms with Crippen LogP contribution in [0.2, 0.25) is 0 Å². The van der Waals surface area contributed by atoms with Crippen molar-refractivity contribution in [3.63, 3.8) is 0 Å². The van der Waals surface area contributed by atoms with Crippen LogP contribution in [-0.2, 0) is 9.24 Å². The first-order valence-electron chi connectivity index (χ1n) is 3.76. The molecular weight excluding hydrogens is 200 g/mol. The molecule has 0 radical (unpaired) electrons. The minimum absolute atomic E-state index is 0.416. The number of nitrogens with zero attached hydrogens (tertiary/aromatic N) is 1. The van der Waals surface area contributed by atoms with Crippen molar-refractivity contribution < 1.29 is 8.42 Å². The van der Waals surface area contributed by atoms with Crippen LogP contribution >= 0.6 is 10.7 Å². The third-order valence-corrected chi connectivity index (χ3v) is 2.18. The fourth-order valence-corrected chi connectivity index (χ4v) is 1.37. The van der Waals surface area contributed by atoms with Crippen molar-refractivity contribution >= 4 is 19.9 Å². The molecule has 0 aromatic carbocycles. The van der Waals surface area contributed by atoms with E-state index in [-0.39, 0.29) is 0 Å². The number of hydrogen-bond donors (Lipinski definition) is 1. The highest BCUT2D eigenvalue weighted by atomic mass is 35.7. The Labute approximate surface area is 78.4 Å². The van der Waals surface area contributed by atoms with Gasteiger partial charge in [0.1, 0.15) is 0 Å². The SMILES string of the molecule is CN(C)CCCCNS(=O)(=O)Cl. The molecule has 0 aromatic rings. The average molecular weight is 215 g/mol. The number of hydrogen-bond acceptors (Lipinski definition) is 3. The van der Waals surface area contributed by atoms with E-state index in [9.17, 15) is 8.42 Å². The van der Waals surface area contributed by atoms with E-state index in [4.69, 9.17) is 10.7 Å². The van der Waals surface area contributed by atoms with Gasteiger partial charge in [-0.25, -0.2) is 4.72 Å². The quantitative estimate of drug-likeness (QED) is 0.515. The van der Waals surface area contributed by atoms with Crippen LogP contribution in [0.4, 0.5) is 0 Å². The van der Waals surface area contributed by atoms with Crippen molar-refractivity contribution in [2.45, 2.75) is 12.8 Å². The Morgan fingerprint density at radius 2 is 1.92 bits per heavy atom. The summed E-state index contributed by atoms with van der Waals surface area (Å²) in [6.07, 6.45) is 1.77. The van der Waals surface area contributed by atoms with Crippen molar-refractivity contribution in [3.05, 3.63) is 0 Å². The molecule has 0 heterocycles. The highest BCUT2D eigenvalue weighted by Crippen LogP contribution is 1.93. The van der Waals surface area contributed by atoms with Crippen molar-refractivity contribution in [3.8, 4) is 0 Å². The Morgan fingerprint density at radius 3 is 2.33 bits per heavy atom. The van der Waals surface area contributed by atoms with E-state index in [0.717, 1.165) is 19.4 Å². The van der Waals surface area contributed by atoms with Crippen molar-refractivity contribution in [1.29, 1.82) is 0 Å². The Balaban J connectivity index is 3.23. The molecule has 0 unspecified atom stereocenters. The first kappa shape index (κ1) is 12.2. The molecule has 0 aromatic heterocycles. The monoisotopic (exact) mass is 214 g/mol. The van der Waals surface area contributed by atoms with Crippen LogP contribution in [0.5, 0.6) is 0 Å². The summed E-state index contributed by atoms with van der Waals surface area (Å²) in [5.41, 5.74) is 0. The molecule has 0 rings (SSSR count). The molecule has 0 amide bonds. The van der Waals surface area contributed by atoms with Crippen LogP contribution in [-0.4, -0.2) is 40.5 Å². The topological polar surface area (TPSA) is 49.4 Å². The van der Waals surface area contributed by atoms with E-state index in [2.05, 4.69) is 9.62 Å². The lowest BCUT2D eigenvalue weighted by molar-refractivity contribution is 0.394. The van der Waals surface area contributed by atoms with Gasteiger partial charge in [0.25, 0.3) is 9.24 Å². The van der Waals surface area contributed by atoms with Gasteiger partial charge in [0, 0.05) is 17.2 Å². The predicted octanol–water partition coefficient (Wildman–Crippen LogP) is 0.401. The summed E-state index contributed by atoms with van der Waals surface area (Å²) in [4.78, 5) is 2.05. The van der Waals surface area contributed by atoms with Gasteiger partial charge < -0.3 is 4.90 Å². The molecule has 0 aliphatic rings. The maximum atomic E-state index is 10.4. The van der Waals surface area contributed by atoms with Gasteiger partial charge in [0.05, 0.1) is 0 Å². The van der Waals surface area contributed by atoms with Crippen LogP contribution in [0.3, 0.4) is 0 Å². The molecule has 74 valence electrons. The molecule has 1 N–H and O–H groups in total. The zero-order chi connectivity index (χ0) is 9.61. The number of halogens is 1. The Morgan fingerprint density at radius 1 is 1.33 bits per heavy atom. The summed E-state index contributed by atoms with van der Waals surface area (Å²) in [7, 11) is 5.36. The summed E-state index contributed by atoms with van der Waals surface area (Å²) in [6.45, 7) is 1.38. The number of rotatable bonds is 6. The lowest BCUT2D eigenvalue weighted by Gasteiger charge is -2.08. The summed E-state index contributed by atoms with van der Waals surface area (Å²) in [6, 6.07) is 0. The molecule has 4 nitrogen and oxygen atoms in total. The Bertz CT molecular complexity index is 204. The highest BCUT2D eigenvalue weighted by molar-refractivity contribution is 8.12. The van der Waals surface area contributed by atoms with Crippen LogP contribution in [0, 0.1) is 0 Å². The third-order valence-electron chi connectivity index (χ3n) is 1.31. The predicted molar refractivity (Wildman–Crippen MR) is 50.6 cm³/mol. The van der Waals surface area contributed by atoms with E-state index >= 15 is 0 Å². The smallest absolute Gasteiger partial charge is 0.297 e. The van der Waals surface area contributed by atoms with Gasteiger partial charge in [-0.2, -0.15) is 8.42 Å². The van der Waals surface area contributed by atoms with Gasteiger partial charge in [-0.15, -0.1) is 0 Å². The van der Waals surface area contributed by atoms with Crippen molar-refractivity contribution in [2.24, 2.45) is 0 Å². The summed E-state index contributed by atoms with van der Waals surface area (Å²) < 4.78 is 23.0. The second kappa shape index (κ2) is 5.75. The molecule has 0 bridgehead atoms. The molecule has 12 heavy (non-hydrogen) atoms. The minimum Gasteiger partial charge on any atom is -0.309 e. The Hall–Kier alpha value is 0.160. The largest absolute Gasteiger partial charge is 0.309 e. The second-order valence-electron chi connectivity index (χ2n) is 2.84. The zero-order valence-electron chi connectivity index (χ0n) is 7.38. The lowest BCUT2D eigenvalue weighted by atomic mass is 10.3. The number of unbranched alkanes of at least 4 members (excludes halogenated alkanes) is 1. The van der Waals surface area contributed by atoms with Gasteiger partial charge >= 0.3 is 0 Å². The second-order valence-corrected chi connectivity index (χ2v) is 5.23. The maximum absolute atomic E-state index is 10.4. The fraction of sp³-hybridized carbons (Fsp3) is 1.00. The van der Waals surface area contributed by atoms with E-state index in [0.29, 0.717) is 6.54 Å². The van der Waals surface area contributed by atoms with Gasteiger partial charge in [-0.05, 0) is 33.5 Å². The molecule has 0 fully saturated rings. The van der Waals surface area contributed by atoms with E-state index < -0.39 is 9.24 Å². The lowest BCUT2D eigenvalue weighted by Crippen LogP contribution is -2.21. The van der Waals surface area contributed by atoms with E-state index in [1.54, 1.807) is 0 Å². The van der Waals surface area contributed by atoms with E-state index in [1.165, 1.54) is 0 Å². The zero-order valence-corrected chi connectivity index (χ0v) is 8.95. The van der Waals surface area contributed by atoms with Crippen molar-refractivity contribution in [2.75, 3.05) is 27.2 Å². The first-order valence-corrected chi connectivity index (χ1v) is 6.07. The molecule has 6 heteroatoms. The molecule has 0 saturated carbocycles. The van der Waals surface area contributed by atoms with Crippen LogP contribution in [0.15, 0.2) is 0 Å². The molecule has 0 saturated heterocycles. The summed E-state index contributed by atoms with van der Waals surface area (Å²) in [5, 5.41) is 0. The first-order chi connectivity index (χ1) is 5.42. The molecule has 0 spiro atoms. The minimum atomic E-state index is -3.52. The molecular formula is C6H15ClN2O2S. The van der Waals surface area contributed by atoms with Crippen LogP contribution in [0.1, 0.15) is 12.8 Å². The average Bonchev–Trinajstić information content (AvgIpc) is 1.83. The van der Waals surface area contributed by atoms with Gasteiger partial charge in [0.15, 0.2) is 0 Å². The summed E-state index contributed by atoms with van der Waals surface area (Å²) in [5.74, 6) is 0. The maximum Gasteiger partial charge on any atom is 0.297 e. The standard InChI is InChI=1S/C6H15ClN2O2S/c1-9(2)6-4-3-5-8-12(7,10)11/h8H,3-6H2,1-2H3. The third kappa shape index (κ3) is 10.2. The van der Waals surface area contributed by atoms with Gasteiger partial charge in [-0.1, -0.05) is 0 Å². The number of nitrogens with one attached hydrogen (secondary N) is 1. The van der Waals surface area contributed by atoms with Crippen LogP contribution < -0.4 is 4.72 Å².